The van der Waals surface area contributed by atoms with E-state index in [0.717, 1.165) is 57.8 Å². The summed E-state index contributed by atoms with van der Waals surface area (Å²) in [6.45, 7) is 4.30. The third-order valence-corrected chi connectivity index (χ3v) is 15.6. The van der Waals surface area contributed by atoms with Crippen molar-refractivity contribution in [3.05, 3.63) is 24.3 Å². The van der Waals surface area contributed by atoms with Crippen LogP contribution in [0.1, 0.15) is 316 Å². The first-order valence-corrected chi connectivity index (χ1v) is 32.6. The smallest absolute Gasteiger partial charge is 0.305 e. The summed E-state index contributed by atoms with van der Waals surface area (Å²) < 4.78 is 16.7. The fraction of sp³-hybridized carbons (Fsp3) is 0.908. The summed E-state index contributed by atoms with van der Waals surface area (Å²) in [6.07, 6.45) is 57.4. The van der Waals surface area contributed by atoms with Gasteiger partial charge in [-0.3, -0.25) is 9.59 Å². The molecule has 7 unspecified atom stereocenters. The Bertz CT molecular complexity index is 1310. The van der Waals surface area contributed by atoms with Gasteiger partial charge in [0.15, 0.2) is 6.29 Å². The second-order valence-electron chi connectivity index (χ2n) is 22.8. The molecule has 0 bridgehead atoms. The van der Waals surface area contributed by atoms with Crippen molar-refractivity contribution in [3.8, 4) is 0 Å². The zero-order chi connectivity index (χ0) is 55.2. The molecule has 1 heterocycles. The molecule has 7 atom stereocenters. The first-order chi connectivity index (χ1) is 37.2. The van der Waals surface area contributed by atoms with E-state index < -0.39 is 49.5 Å². The average Bonchev–Trinajstić information content (AvgIpc) is 3.42. The van der Waals surface area contributed by atoms with Crippen LogP contribution in [0.2, 0.25) is 0 Å². The van der Waals surface area contributed by atoms with Gasteiger partial charge in [0.1, 0.15) is 24.4 Å². The van der Waals surface area contributed by atoms with Gasteiger partial charge in [0, 0.05) is 12.8 Å². The quantitative estimate of drug-likeness (QED) is 0.0195. The second-order valence-corrected chi connectivity index (χ2v) is 22.8. The maximum Gasteiger partial charge on any atom is 0.305 e. The number of allylic oxidation sites excluding steroid dienone is 3. The summed E-state index contributed by atoms with van der Waals surface area (Å²) in [5.74, 6) is -0.181. The largest absolute Gasteiger partial charge is 0.466 e. The van der Waals surface area contributed by atoms with Gasteiger partial charge in [-0.05, 0) is 51.4 Å². The van der Waals surface area contributed by atoms with Crippen molar-refractivity contribution >= 4 is 11.9 Å². The first-order valence-electron chi connectivity index (χ1n) is 32.6. The van der Waals surface area contributed by atoms with Crippen LogP contribution in [-0.2, 0) is 23.8 Å². The zero-order valence-electron chi connectivity index (χ0n) is 49.5. The van der Waals surface area contributed by atoms with Crippen molar-refractivity contribution in [1.29, 1.82) is 0 Å². The number of aliphatic hydroxyl groups is 5. The summed E-state index contributed by atoms with van der Waals surface area (Å²) in [5.41, 5.74) is 0. The molecule has 1 fully saturated rings. The van der Waals surface area contributed by atoms with Crippen LogP contribution in [0.5, 0.6) is 0 Å². The van der Waals surface area contributed by atoms with E-state index in [-0.39, 0.29) is 18.5 Å². The van der Waals surface area contributed by atoms with E-state index in [9.17, 15) is 35.1 Å². The predicted octanol–water partition coefficient (Wildman–Crippen LogP) is 15.7. The molecule has 0 aromatic carbocycles. The Hall–Kier alpha value is -1.86. The van der Waals surface area contributed by atoms with Crippen LogP contribution in [0.3, 0.4) is 0 Å². The van der Waals surface area contributed by atoms with E-state index in [0.29, 0.717) is 19.4 Å². The molecule has 1 aliphatic heterocycles. The normalized spacial score (nSPS) is 18.8. The molecule has 1 rings (SSSR count). The SMILES string of the molecule is CCCC/C=C\CCCCCCCC(=O)OCCCCCCCCCCCCCCCCCCCCCCCCCCCCCCC(=O)NC(COC1OC(CO)C(O)C(O)C1O)C(O)/C=C/CCCCCCCCC. The highest BCUT2D eigenvalue weighted by molar-refractivity contribution is 5.76. The van der Waals surface area contributed by atoms with E-state index in [2.05, 4.69) is 31.3 Å². The Morgan fingerprint density at radius 1 is 0.474 bits per heavy atom. The summed E-state index contributed by atoms with van der Waals surface area (Å²) in [4.78, 5) is 25.0. The molecule has 0 aromatic heterocycles. The number of carbonyl (C=O) groups is 2. The lowest BCUT2D eigenvalue weighted by Crippen LogP contribution is -2.60. The molecule has 0 saturated carbocycles. The van der Waals surface area contributed by atoms with Crippen molar-refractivity contribution in [3.63, 3.8) is 0 Å². The highest BCUT2D eigenvalue weighted by atomic mass is 16.7. The van der Waals surface area contributed by atoms with Gasteiger partial charge in [-0.15, -0.1) is 0 Å². The maximum absolute atomic E-state index is 13.0. The van der Waals surface area contributed by atoms with Crippen molar-refractivity contribution in [2.24, 2.45) is 0 Å². The highest BCUT2D eigenvalue weighted by Crippen LogP contribution is 2.23. The number of ether oxygens (including phenoxy) is 3. The predicted molar refractivity (Wildman–Crippen MR) is 315 cm³/mol. The van der Waals surface area contributed by atoms with Crippen molar-refractivity contribution < 1.29 is 49.3 Å². The number of esters is 1. The Kier molecular flexibility index (Phi) is 52.3. The molecule has 11 heteroatoms. The first kappa shape index (κ1) is 72.2. The molecule has 0 aromatic rings. The average molecular weight is 1080 g/mol. The monoisotopic (exact) mass is 1080 g/mol. The van der Waals surface area contributed by atoms with Crippen LogP contribution < -0.4 is 5.32 Å². The fourth-order valence-electron chi connectivity index (χ4n) is 10.4. The minimum atomic E-state index is -1.57. The third kappa shape index (κ3) is 44.0. The molecule has 11 nitrogen and oxygen atoms in total. The number of nitrogens with one attached hydrogen (secondary N) is 1. The number of hydrogen-bond donors (Lipinski definition) is 6. The standard InChI is InChI=1S/C65H123NO10/c1-3-5-7-9-11-13-32-37-41-45-49-53-61(70)74-54-50-46-42-38-34-31-29-27-25-23-21-19-17-15-14-16-18-20-22-24-26-28-30-33-36-40-44-48-52-60(69)66-57(58(68)51-47-43-39-35-12-10-8-6-4-2)56-75-65-64(73)63(72)62(71)59(55-67)76-65/h9,11,47,51,57-59,62-65,67-68,71-73H,3-8,10,12-46,48-50,52-56H2,1-2H3,(H,66,69)/b11-9-,51-47+. The second kappa shape index (κ2) is 55.1. The number of aliphatic hydroxyl groups excluding tert-OH is 5. The molecule has 1 amide bonds. The van der Waals surface area contributed by atoms with Gasteiger partial charge in [-0.2, -0.15) is 0 Å². The molecular weight excluding hydrogens is 955 g/mol. The van der Waals surface area contributed by atoms with Crippen LogP contribution >= 0.6 is 0 Å². The van der Waals surface area contributed by atoms with Crippen molar-refractivity contribution in [2.45, 2.75) is 358 Å². The van der Waals surface area contributed by atoms with Gasteiger partial charge in [-0.25, -0.2) is 0 Å². The lowest BCUT2D eigenvalue weighted by atomic mass is 9.99. The molecule has 76 heavy (non-hydrogen) atoms. The van der Waals surface area contributed by atoms with Crippen LogP contribution in [0.25, 0.3) is 0 Å². The van der Waals surface area contributed by atoms with Gasteiger partial charge in [0.25, 0.3) is 0 Å². The molecule has 448 valence electrons. The van der Waals surface area contributed by atoms with E-state index >= 15 is 0 Å². The Morgan fingerprint density at radius 3 is 1.30 bits per heavy atom. The van der Waals surface area contributed by atoms with Crippen molar-refractivity contribution in [2.75, 3.05) is 19.8 Å². The van der Waals surface area contributed by atoms with E-state index in [1.165, 1.54) is 231 Å². The topological polar surface area (TPSA) is 175 Å². The van der Waals surface area contributed by atoms with Gasteiger partial charge in [0.05, 0.1) is 32.0 Å². The molecule has 1 saturated heterocycles. The van der Waals surface area contributed by atoms with Crippen LogP contribution in [0.4, 0.5) is 0 Å². The van der Waals surface area contributed by atoms with Crippen LogP contribution in [0, 0.1) is 0 Å². The molecule has 6 N–H and O–H groups in total. The zero-order valence-corrected chi connectivity index (χ0v) is 49.5. The highest BCUT2D eigenvalue weighted by Gasteiger charge is 2.44. The van der Waals surface area contributed by atoms with Crippen molar-refractivity contribution in [1.82, 2.24) is 5.32 Å². The number of carbonyl (C=O) groups excluding carboxylic acids is 2. The fourth-order valence-corrected chi connectivity index (χ4v) is 10.4. The number of hydrogen-bond acceptors (Lipinski definition) is 10. The Balaban J connectivity index is 1.94. The molecule has 0 spiro atoms. The summed E-state index contributed by atoms with van der Waals surface area (Å²) >= 11 is 0. The summed E-state index contributed by atoms with van der Waals surface area (Å²) in [7, 11) is 0. The Morgan fingerprint density at radius 2 is 0.855 bits per heavy atom. The molecular formula is C65H123NO10. The minimum absolute atomic E-state index is 0.00133. The Labute approximate surface area is 467 Å². The van der Waals surface area contributed by atoms with E-state index in [4.69, 9.17) is 14.2 Å². The van der Waals surface area contributed by atoms with Gasteiger partial charge >= 0.3 is 5.97 Å². The number of unbranched alkanes of at least 4 members (excludes halogenated alkanes) is 41. The lowest BCUT2D eigenvalue weighted by Gasteiger charge is -2.40. The maximum atomic E-state index is 13.0. The lowest BCUT2D eigenvalue weighted by molar-refractivity contribution is -0.302. The number of amides is 1. The molecule has 1 aliphatic rings. The summed E-state index contributed by atoms with van der Waals surface area (Å²) in [6, 6.07) is -0.805. The van der Waals surface area contributed by atoms with Gasteiger partial charge in [0.2, 0.25) is 5.91 Å². The van der Waals surface area contributed by atoms with Crippen LogP contribution in [0.15, 0.2) is 24.3 Å². The third-order valence-electron chi connectivity index (χ3n) is 15.6. The van der Waals surface area contributed by atoms with Gasteiger partial charge in [-0.1, -0.05) is 276 Å². The summed E-state index contributed by atoms with van der Waals surface area (Å²) in [5, 5.41) is 54.2. The van der Waals surface area contributed by atoms with E-state index in [1.54, 1.807) is 6.08 Å². The van der Waals surface area contributed by atoms with Crippen LogP contribution in [-0.4, -0.2) is 100 Å². The molecule has 0 radical (unpaired) electrons. The van der Waals surface area contributed by atoms with Gasteiger partial charge < -0.3 is 45.1 Å². The van der Waals surface area contributed by atoms with E-state index in [1.807, 2.05) is 6.08 Å². The minimum Gasteiger partial charge on any atom is -0.466 e. The number of rotatable bonds is 57. The molecule has 0 aliphatic carbocycles.